The Morgan fingerprint density at radius 2 is 2.06 bits per heavy atom. The third kappa shape index (κ3) is 1.60. The van der Waals surface area contributed by atoms with Crippen LogP contribution in [0.3, 0.4) is 0 Å². The Hall–Kier alpha value is -1.84. The first-order chi connectivity index (χ1) is 8.00. The smallest absolute Gasteiger partial charge is 0.304 e. The molecule has 1 atom stereocenters. The highest BCUT2D eigenvalue weighted by molar-refractivity contribution is 6.09. The van der Waals surface area contributed by atoms with E-state index in [0.29, 0.717) is 6.54 Å². The number of rotatable bonds is 3. The number of para-hydroxylation sites is 1. The molecule has 1 heterocycles. The molecule has 90 valence electrons. The molecule has 1 aromatic rings. The van der Waals surface area contributed by atoms with Gasteiger partial charge >= 0.3 is 5.97 Å². The van der Waals surface area contributed by atoms with Gasteiger partial charge in [-0.2, -0.15) is 0 Å². The van der Waals surface area contributed by atoms with Gasteiger partial charge in [0.15, 0.2) is 0 Å². The summed E-state index contributed by atoms with van der Waals surface area (Å²) in [6, 6.07) is 7.41. The van der Waals surface area contributed by atoms with Crippen LogP contribution in [0.25, 0.3) is 0 Å². The highest BCUT2D eigenvalue weighted by Crippen LogP contribution is 2.43. The Labute approximate surface area is 99.9 Å². The first kappa shape index (κ1) is 11.6. The molecule has 0 radical (unpaired) electrons. The molecule has 0 aromatic heterocycles. The number of hydrogen-bond donors (Lipinski definition) is 1. The van der Waals surface area contributed by atoms with Crippen molar-refractivity contribution < 1.29 is 14.7 Å². The van der Waals surface area contributed by atoms with Gasteiger partial charge in [-0.25, -0.2) is 0 Å². The molecular formula is C13H15NO3. The van der Waals surface area contributed by atoms with Crippen LogP contribution in [0.4, 0.5) is 5.69 Å². The lowest BCUT2D eigenvalue weighted by Gasteiger charge is -2.21. The van der Waals surface area contributed by atoms with Crippen molar-refractivity contribution in [2.45, 2.75) is 25.7 Å². The number of amides is 1. The second-order valence-electron chi connectivity index (χ2n) is 4.47. The summed E-state index contributed by atoms with van der Waals surface area (Å²) in [5.74, 6) is -1.07. The number of hydrogen-bond acceptors (Lipinski definition) is 2. The second-order valence-corrected chi connectivity index (χ2v) is 4.47. The average Bonchev–Trinajstić information content (AvgIpc) is 2.48. The van der Waals surface area contributed by atoms with E-state index in [1.54, 1.807) is 11.8 Å². The Morgan fingerprint density at radius 1 is 1.41 bits per heavy atom. The number of aliphatic carboxylic acids is 1. The average molecular weight is 233 g/mol. The van der Waals surface area contributed by atoms with E-state index in [1.807, 2.05) is 31.2 Å². The number of fused-ring (bicyclic) bond motifs is 1. The Morgan fingerprint density at radius 3 is 2.65 bits per heavy atom. The predicted molar refractivity (Wildman–Crippen MR) is 64.1 cm³/mol. The number of carboxylic acids is 1. The van der Waals surface area contributed by atoms with Gasteiger partial charge in [-0.1, -0.05) is 18.2 Å². The van der Waals surface area contributed by atoms with Crippen LogP contribution >= 0.6 is 0 Å². The first-order valence-electron chi connectivity index (χ1n) is 5.64. The fourth-order valence-corrected chi connectivity index (χ4v) is 2.49. The molecule has 4 nitrogen and oxygen atoms in total. The number of carbonyl (C=O) groups excluding carboxylic acids is 1. The second kappa shape index (κ2) is 3.87. The highest BCUT2D eigenvalue weighted by atomic mass is 16.4. The van der Waals surface area contributed by atoms with Crippen LogP contribution in [0.5, 0.6) is 0 Å². The maximum Gasteiger partial charge on any atom is 0.304 e. The number of carbonyl (C=O) groups is 2. The maximum atomic E-state index is 12.3. The summed E-state index contributed by atoms with van der Waals surface area (Å²) in [6.45, 7) is 4.16. The summed E-state index contributed by atoms with van der Waals surface area (Å²) in [7, 11) is 0. The van der Waals surface area contributed by atoms with Gasteiger partial charge in [0, 0.05) is 12.2 Å². The largest absolute Gasteiger partial charge is 0.481 e. The van der Waals surface area contributed by atoms with Gasteiger partial charge in [-0.3, -0.25) is 9.59 Å². The first-order valence-corrected chi connectivity index (χ1v) is 5.64. The maximum absolute atomic E-state index is 12.3. The van der Waals surface area contributed by atoms with Gasteiger partial charge < -0.3 is 10.0 Å². The lowest BCUT2D eigenvalue weighted by atomic mass is 9.81. The van der Waals surface area contributed by atoms with E-state index in [9.17, 15) is 9.59 Å². The third-order valence-electron chi connectivity index (χ3n) is 3.33. The van der Waals surface area contributed by atoms with Crippen molar-refractivity contribution in [3.05, 3.63) is 29.8 Å². The van der Waals surface area contributed by atoms with Gasteiger partial charge in [0.05, 0.1) is 11.8 Å². The van der Waals surface area contributed by atoms with Crippen LogP contribution < -0.4 is 4.90 Å². The van der Waals surface area contributed by atoms with Crippen molar-refractivity contribution in [2.75, 3.05) is 11.4 Å². The topological polar surface area (TPSA) is 57.6 Å². The summed E-state index contributed by atoms with van der Waals surface area (Å²) in [6.07, 6.45) is -0.167. The minimum absolute atomic E-state index is 0.122. The third-order valence-corrected chi connectivity index (χ3v) is 3.33. The summed E-state index contributed by atoms with van der Waals surface area (Å²) in [5, 5.41) is 8.97. The molecule has 1 aliphatic heterocycles. The minimum Gasteiger partial charge on any atom is -0.481 e. The zero-order valence-electron chi connectivity index (χ0n) is 9.93. The summed E-state index contributed by atoms with van der Waals surface area (Å²) >= 11 is 0. The van der Waals surface area contributed by atoms with Gasteiger partial charge in [-0.15, -0.1) is 0 Å². The normalized spacial score (nSPS) is 22.7. The van der Waals surface area contributed by atoms with Crippen molar-refractivity contribution in [3.8, 4) is 0 Å². The summed E-state index contributed by atoms with van der Waals surface area (Å²) in [4.78, 5) is 24.9. The SMILES string of the molecule is CCN1C(=O)C(C)(CC(=O)O)c2ccccc21. The highest BCUT2D eigenvalue weighted by Gasteiger charge is 2.47. The van der Waals surface area contributed by atoms with Crippen molar-refractivity contribution in [1.29, 1.82) is 0 Å². The molecule has 2 rings (SSSR count). The molecule has 1 unspecified atom stereocenters. The molecule has 0 aliphatic carbocycles. The lowest BCUT2D eigenvalue weighted by molar-refractivity contribution is -0.141. The van der Waals surface area contributed by atoms with Crippen molar-refractivity contribution in [2.24, 2.45) is 0 Å². The molecule has 1 N–H and O–H groups in total. The standard InChI is InChI=1S/C13H15NO3/c1-3-14-10-7-5-4-6-9(10)13(2,12(14)17)8-11(15)16/h4-7H,3,8H2,1-2H3,(H,15,16). The fraction of sp³-hybridized carbons (Fsp3) is 0.385. The van der Waals surface area contributed by atoms with Crippen LogP contribution in [0, 0.1) is 0 Å². The quantitative estimate of drug-likeness (QED) is 0.865. The molecule has 1 aromatic carbocycles. The number of anilines is 1. The number of nitrogens with zero attached hydrogens (tertiary/aromatic N) is 1. The molecule has 0 fully saturated rings. The zero-order valence-corrected chi connectivity index (χ0v) is 9.93. The van der Waals surface area contributed by atoms with Gasteiger partial charge in [0.2, 0.25) is 5.91 Å². The van der Waals surface area contributed by atoms with Crippen LogP contribution in [0.2, 0.25) is 0 Å². The molecule has 1 aliphatic rings. The van der Waals surface area contributed by atoms with Crippen LogP contribution in [0.1, 0.15) is 25.8 Å². The summed E-state index contributed by atoms with van der Waals surface area (Å²) < 4.78 is 0. The van der Waals surface area contributed by atoms with Crippen LogP contribution in [-0.4, -0.2) is 23.5 Å². The number of carboxylic acid groups (broad SMARTS) is 1. The van der Waals surface area contributed by atoms with Crippen LogP contribution in [-0.2, 0) is 15.0 Å². The Bertz CT molecular complexity index is 483. The molecule has 4 heteroatoms. The van der Waals surface area contributed by atoms with Gasteiger partial charge in [-0.05, 0) is 25.5 Å². The van der Waals surface area contributed by atoms with E-state index in [4.69, 9.17) is 5.11 Å². The van der Waals surface area contributed by atoms with Crippen molar-refractivity contribution >= 4 is 17.6 Å². The van der Waals surface area contributed by atoms with Crippen molar-refractivity contribution in [1.82, 2.24) is 0 Å². The number of likely N-dealkylation sites (N-methyl/N-ethyl adjacent to an activating group) is 1. The van der Waals surface area contributed by atoms with E-state index in [0.717, 1.165) is 11.3 Å². The van der Waals surface area contributed by atoms with E-state index < -0.39 is 11.4 Å². The van der Waals surface area contributed by atoms with Gasteiger partial charge in [0.1, 0.15) is 0 Å². The van der Waals surface area contributed by atoms with E-state index >= 15 is 0 Å². The molecule has 1 amide bonds. The lowest BCUT2D eigenvalue weighted by Crippen LogP contribution is -2.39. The predicted octanol–water partition coefficient (Wildman–Crippen LogP) is 1.79. The zero-order chi connectivity index (χ0) is 12.6. The monoisotopic (exact) mass is 233 g/mol. The van der Waals surface area contributed by atoms with E-state index in [-0.39, 0.29) is 12.3 Å². The van der Waals surface area contributed by atoms with Gasteiger partial charge in [0.25, 0.3) is 0 Å². The molecule has 0 bridgehead atoms. The number of benzene rings is 1. The minimum atomic E-state index is -0.950. The fourth-order valence-electron chi connectivity index (χ4n) is 2.49. The molecule has 17 heavy (non-hydrogen) atoms. The Kier molecular flexibility index (Phi) is 2.65. The van der Waals surface area contributed by atoms with Crippen molar-refractivity contribution in [3.63, 3.8) is 0 Å². The molecule has 0 spiro atoms. The Balaban J connectivity index is 2.55. The molecule has 0 saturated carbocycles. The molecular weight excluding hydrogens is 218 g/mol. The van der Waals surface area contributed by atoms with E-state index in [1.165, 1.54) is 0 Å². The summed E-state index contributed by atoms with van der Waals surface area (Å²) in [5.41, 5.74) is 0.719. The molecule has 0 saturated heterocycles. The van der Waals surface area contributed by atoms with E-state index in [2.05, 4.69) is 0 Å². The van der Waals surface area contributed by atoms with Crippen LogP contribution in [0.15, 0.2) is 24.3 Å².